The number of aliphatic carboxylic acids is 2. The number of carboxylic acids is 2. The van der Waals surface area contributed by atoms with Gasteiger partial charge in [-0.1, -0.05) is 38.5 Å². The Morgan fingerprint density at radius 1 is 0.778 bits per heavy atom. The third-order valence-corrected chi connectivity index (χ3v) is 6.85. The van der Waals surface area contributed by atoms with Crippen LogP contribution in [-0.2, 0) is 23.9 Å². The van der Waals surface area contributed by atoms with Crippen LogP contribution in [0.15, 0.2) is 0 Å². The monoisotopic (exact) mass is 520 g/mol. The van der Waals surface area contributed by atoms with Crippen molar-refractivity contribution in [3.8, 4) is 0 Å². The fourth-order valence-electron chi connectivity index (χ4n) is 4.02. The van der Waals surface area contributed by atoms with Crippen LogP contribution in [0.4, 0.5) is 0 Å². The molecule has 0 aliphatic carbocycles. The molecule has 11 nitrogen and oxygen atoms in total. The number of aliphatic hydroxyl groups excluding tert-OH is 4. The van der Waals surface area contributed by atoms with Crippen LogP contribution in [0.5, 0.6) is 0 Å². The minimum atomic E-state index is -1.86. The van der Waals surface area contributed by atoms with Crippen molar-refractivity contribution in [3.63, 3.8) is 0 Å². The molecule has 0 spiro atoms. The van der Waals surface area contributed by atoms with E-state index in [2.05, 4.69) is 0 Å². The lowest BCUT2D eigenvalue weighted by Gasteiger charge is -2.39. The molecule has 1 fully saturated rings. The normalized spacial score (nSPS) is 25.8. The van der Waals surface area contributed by atoms with E-state index < -0.39 is 65.5 Å². The molecule has 0 aromatic rings. The van der Waals surface area contributed by atoms with Crippen LogP contribution >= 0.6 is 0 Å². The highest BCUT2D eigenvalue weighted by molar-refractivity contribution is 5.76. The van der Waals surface area contributed by atoms with E-state index in [1.54, 1.807) is 27.7 Å². The van der Waals surface area contributed by atoms with Crippen molar-refractivity contribution in [1.82, 2.24) is 0 Å². The lowest BCUT2D eigenvalue weighted by molar-refractivity contribution is -0.288. The summed E-state index contributed by atoms with van der Waals surface area (Å²) in [6, 6.07) is 0. The van der Waals surface area contributed by atoms with Crippen molar-refractivity contribution in [3.05, 3.63) is 0 Å². The second kappa shape index (κ2) is 14.2. The third kappa shape index (κ3) is 9.93. The number of carboxylic acid groups (broad SMARTS) is 2. The highest BCUT2D eigenvalue weighted by atomic mass is 16.7. The zero-order valence-electron chi connectivity index (χ0n) is 21.8. The smallest absolute Gasteiger partial charge is 0.335 e. The first-order chi connectivity index (χ1) is 16.6. The number of esters is 1. The molecule has 1 unspecified atom stereocenters. The Morgan fingerprint density at radius 3 is 1.75 bits per heavy atom. The summed E-state index contributed by atoms with van der Waals surface area (Å²) in [5, 5.41) is 58.0. The summed E-state index contributed by atoms with van der Waals surface area (Å²) in [6.45, 7) is 6.71. The van der Waals surface area contributed by atoms with Gasteiger partial charge < -0.3 is 40.1 Å². The van der Waals surface area contributed by atoms with Crippen molar-refractivity contribution < 1.29 is 54.5 Å². The van der Waals surface area contributed by atoms with Gasteiger partial charge in [-0.25, -0.2) is 4.79 Å². The van der Waals surface area contributed by atoms with Crippen LogP contribution in [0.2, 0.25) is 0 Å². The van der Waals surface area contributed by atoms with Gasteiger partial charge in [0.25, 0.3) is 0 Å². The van der Waals surface area contributed by atoms with E-state index in [0.717, 1.165) is 32.1 Å². The zero-order chi connectivity index (χ0) is 27.7. The maximum absolute atomic E-state index is 12.6. The Balaban J connectivity index is 2.30. The summed E-state index contributed by atoms with van der Waals surface area (Å²) in [4.78, 5) is 34.9. The van der Waals surface area contributed by atoms with Crippen molar-refractivity contribution in [1.29, 1.82) is 0 Å². The summed E-state index contributed by atoms with van der Waals surface area (Å²) in [6.07, 6.45) is -2.43. The molecule has 210 valence electrons. The Kier molecular flexibility index (Phi) is 12.7. The second-order valence-corrected chi connectivity index (χ2v) is 11.1. The number of carbonyl (C=O) groups is 3. The summed E-state index contributed by atoms with van der Waals surface area (Å²) in [5.41, 5.74) is -1.70. The minimum Gasteiger partial charge on any atom is -0.481 e. The van der Waals surface area contributed by atoms with E-state index in [9.17, 15) is 34.8 Å². The molecule has 6 N–H and O–H groups in total. The molecular formula is C25H44O11. The molecule has 0 saturated carbocycles. The molecule has 0 radical (unpaired) electrons. The molecule has 1 aliphatic heterocycles. The summed E-state index contributed by atoms with van der Waals surface area (Å²) < 4.78 is 10.1. The van der Waals surface area contributed by atoms with Crippen LogP contribution in [-0.4, -0.2) is 85.4 Å². The number of ether oxygens (including phenoxy) is 2. The summed E-state index contributed by atoms with van der Waals surface area (Å²) in [5.74, 6) is -3.09. The molecule has 0 amide bonds. The Morgan fingerprint density at radius 2 is 1.28 bits per heavy atom. The Bertz CT molecular complexity index is 721. The quantitative estimate of drug-likeness (QED) is 0.128. The largest absolute Gasteiger partial charge is 0.481 e. The first-order valence-electron chi connectivity index (χ1n) is 12.6. The molecule has 6 atom stereocenters. The van der Waals surface area contributed by atoms with E-state index in [-0.39, 0.29) is 0 Å². The van der Waals surface area contributed by atoms with Gasteiger partial charge in [0.15, 0.2) is 6.10 Å². The molecule has 1 aliphatic rings. The van der Waals surface area contributed by atoms with E-state index >= 15 is 0 Å². The second-order valence-electron chi connectivity index (χ2n) is 11.1. The standard InChI is InChI=1S/C25H44O11/c1-24(2,22(32)33)13-9-5-7-11-15(26)12-8-6-10-14-25(3,4)23(34)36-21-18(29)16(27)17(28)19(35-21)20(30)31/h15-19,21,26-29H,5-14H2,1-4H3,(H,30,31)(H,32,33)/t15?,16-,17-,18+,19-,21-/m0/s1. The van der Waals surface area contributed by atoms with Crippen molar-refractivity contribution in [2.75, 3.05) is 0 Å². The van der Waals surface area contributed by atoms with Crippen LogP contribution in [0.1, 0.15) is 91.9 Å². The lowest BCUT2D eigenvalue weighted by Crippen LogP contribution is -2.61. The number of carbonyl (C=O) groups excluding carboxylic acids is 1. The molecule has 1 rings (SSSR count). The van der Waals surface area contributed by atoms with Crippen molar-refractivity contribution >= 4 is 17.9 Å². The Labute approximate surface area is 212 Å². The fourth-order valence-corrected chi connectivity index (χ4v) is 4.02. The van der Waals surface area contributed by atoms with Gasteiger partial charge in [0.2, 0.25) is 6.29 Å². The molecule has 0 aromatic heterocycles. The van der Waals surface area contributed by atoms with Gasteiger partial charge in [0, 0.05) is 0 Å². The van der Waals surface area contributed by atoms with Crippen LogP contribution in [0.3, 0.4) is 0 Å². The zero-order valence-corrected chi connectivity index (χ0v) is 21.8. The van der Waals surface area contributed by atoms with Crippen molar-refractivity contribution in [2.45, 2.75) is 129 Å². The molecule has 1 heterocycles. The topological polar surface area (TPSA) is 191 Å². The maximum Gasteiger partial charge on any atom is 0.335 e. The van der Waals surface area contributed by atoms with E-state index in [0.29, 0.717) is 32.1 Å². The number of hydrogen-bond acceptors (Lipinski definition) is 9. The van der Waals surface area contributed by atoms with Crippen molar-refractivity contribution in [2.24, 2.45) is 10.8 Å². The molecule has 36 heavy (non-hydrogen) atoms. The van der Waals surface area contributed by atoms with Gasteiger partial charge in [-0.15, -0.1) is 0 Å². The predicted molar refractivity (Wildman–Crippen MR) is 128 cm³/mol. The Hall–Kier alpha value is -1.79. The molecule has 0 bridgehead atoms. The average Bonchev–Trinajstić information content (AvgIpc) is 2.78. The molecule has 11 heteroatoms. The lowest BCUT2D eigenvalue weighted by atomic mass is 9.86. The van der Waals surface area contributed by atoms with Gasteiger partial charge in [-0.2, -0.15) is 0 Å². The van der Waals surface area contributed by atoms with Crippen LogP contribution in [0, 0.1) is 10.8 Å². The van der Waals surface area contributed by atoms with Gasteiger partial charge in [0.1, 0.15) is 18.3 Å². The number of aliphatic hydroxyl groups is 4. The highest BCUT2D eigenvalue weighted by Crippen LogP contribution is 2.30. The molecule has 1 saturated heterocycles. The number of unbranched alkanes of at least 4 members (excludes halogenated alkanes) is 4. The maximum atomic E-state index is 12.6. The first kappa shape index (κ1) is 32.2. The van der Waals surface area contributed by atoms with E-state index in [4.69, 9.17) is 19.7 Å². The number of rotatable bonds is 16. The van der Waals surface area contributed by atoms with Gasteiger partial charge in [-0.3, -0.25) is 9.59 Å². The van der Waals surface area contributed by atoms with Gasteiger partial charge in [-0.05, 0) is 53.4 Å². The highest BCUT2D eigenvalue weighted by Gasteiger charge is 2.49. The average molecular weight is 521 g/mol. The SMILES string of the molecule is CC(C)(CCCCCC(O)CCCCCC(C)(C)C(=O)O[C@@H]1O[C@H](C(=O)O)[C@@H](O)[C@H](O)[C@H]1O)C(=O)O. The van der Waals surface area contributed by atoms with Gasteiger partial charge >= 0.3 is 17.9 Å². The van der Waals surface area contributed by atoms with Crippen LogP contribution in [0.25, 0.3) is 0 Å². The fraction of sp³-hybridized carbons (Fsp3) is 0.880. The van der Waals surface area contributed by atoms with Crippen LogP contribution < -0.4 is 0 Å². The molecule has 0 aromatic carbocycles. The minimum absolute atomic E-state index is 0.427. The summed E-state index contributed by atoms with van der Waals surface area (Å²) in [7, 11) is 0. The summed E-state index contributed by atoms with van der Waals surface area (Å²) >= 11 is 0. The van der Waals surface area contributed by atoms with Gasteiger partial charge in [0.05, 0.1) is 16.9 Å². The predicted octanol–water partition coefficient (Wildman–Crippen LogP) is 1.82. The van der Waals surface area contributed by atoms with E-state index in [1.807, 2.05) is 0 Å². The molecular weight excluding hydrogens is 476 g/mol. The number of hydrogen-bond donors (Lipinski definition) is 6. The first-order valence-corrected chi connectivity index (χ1v) is 12.6. The third-order valence-electron chi connectivity index (χ3n) is 6.85. The van der Waals surface area contributed by atoms with E-state index in [1.165, 1.54) is 0 Å².